The van der Waals surface area contributed by atoms with Gasteiger partial charge in [-0.3, -0.25) is 28.8 Å². The molecule has 4 N–H and O–H groups in total. The lowest BCUT2D eigenvalue weighted by molar-refractivity contribution is -0.135. The Morgan fingerprint density at radius 3 is 2.40 bits per heavy atom. The molecule has 0 spiro atoms. The van der Waals surface area contributed by atoms with Crippen LogP contribution in [0.5, 0.6) is 5.75 Å². The molecule has 1 saturated heterocycles. The lowest BCUT2D eigenvalue weighted by Crippen LogP contribution is -2.44. The molecule has 1 aliphatic carbocycles. The second kappa shape index (κ2) is 18.7. The van der Waals surface area contributed by atoms with E-state index < -0.39 is 17.9 Å². The van der Waals surface area contributed by atoms with Crippen molar-refractivity contribution in [2.45, 2.75) is 71.5 Å². The average molecular weight is 890 g/mol. The summed E-state index contributed by atoms with van der Waals surface area (Å²) < 4.78 is 33.4. The molecule has 0 bridgehead atoms. The molecule has 1 aliphatic heterocycles. The molecular weight excluding hydrogens is 839 g/mol. The molecule has 1 saturated carbocycles. The van der Waals surface area contributed by atoms with Gasteiger partial charge in [-0.2, -0.15) is 5.10 Å². The Bertz CT molecular complexity index is 2960. The molecule has 1 atom stereocenters. The molecule has 3 amide bonds. The first-order valence-electron chi connectivity index (χ1n) is 21.9. The summed E-state index contributed by atoms with van der Waals surface area (Å²) >= 11 is 0. The number of methoxy groups -OCH3 is 1. The lowest BCUT2D eigenvalue weighted by Gasteiger charge is -2.21. The number of aromatic amines is 1. The Labute approximate surface area is 371 Å². The van der Waals surface area contributed by atoms with Gasteiger partial charge in [0.1, 0.15) is 34.8 Å². The van der Waals surface area contributed by atoms with Gasteiger partial charge in [0.05, 0.1) is 86.7 Å². The minimum absolute atomic E-state index is 0.0253. The predicted molar refractivity (Wildman–Crippen MR) is 238 cm³/mol. The first-order chi connectivity index (χ1) is 31.6. The monoisotopic (exact) mass is 889 g/mol. The number of carbonyl (C=O) groups is 3. The maximum Gasteiger partial charge on any atom is 0.329 e. The van der Waals surface area contributed by atoms with Crippen LogP contribution in [0.15, 0.2) is 51.8 Å². The number of ether oxygens (including phenoxy) is 4. The summed E-state index contributed by atoms with van der Waals surface area (Å²) in [6.07, 6.45) is 2.66. The van der Waals surface area contributed by atoms with Crippen LogP contribution in [-0.4, -0.2) is 110 Å². The van der Waals surface area contributed by atoms with E-state index in [1.54, 1.807) is 17.7 Å². The number of amides is 3. The van der Waals surface area contributed by atoms with Crippen molar-refractivity contribution in [3.63, 3.8) is 0 Å². The standard InChI is InChI=1S/C45H51N11O9/c1-5-55-36(24-30(52-55)27-10-11-27)48-41-39-28-23-35(61-4)29(38-25(2)53-65-26(38)3)22-31(28)47-40(39)50-42(51-41)44(59)46-14-16-62-18-20-64-21-19-63-17-15-54-32-8-6-7-9-33(32)56(45(54)60)34-12-13-37(57)49-43(34)58/h6-9,22-24,27,34H,5,10-21H2,1-4H3,(H,46,59)(H,49,57,58)(H2,47,48,50,51). The Balaban J connectivity index is 0.786. The van der Waals surface area contributed by atoms with Crippen LogP contribution in [0, 0.1) is 13.8 Å². The number of nitrogens with zero attached hydrogens (tertiary/aromatic N) is 7. The fourth-order valence-corrected chi connectivity index (χ4v) is 8.42. The Morgan fingerprint density at radius 2 is 1.69 bits per heavy atom. The van der Waals surface area contributed by atoms with E-state index in [2.05, 4.69) is 31.1 Å². The highest BCUT2D eigenvalue weighted by Crippen LogP contribution is 2.43. The molecule has 2 aliphatic rings. The zero-order valence-corrected chi connectivity index (χ0v) is 36.7. The summed E-state index contributed by atoms with van der Waals surface area (Å²) in [5.74, 6) is 1.64. The van der Waals surface area contributed by atoms with Gasteiger partial charge in [-0.05, 0) is 64.3 Å². The fraction of sp³-hybridized carbons (Fsp3) is 0.422. The molecule has 2 fully saturated rings. The minimum Gasteiger partial charge on any atom is -0.496 e. The fourth-order valence-electron chi connectivity index (χ4n) is 8.42. The molecule has 2 aromatic carbocycles. The number of imidazole rings is 1. The summed E-state index contributed by atoms with van der Waals surface area (Å²) in [5.41, 5.74) is 5.62. The number of benzene rings is 2. The van der Waals surface area contributed by atoms with Gasteiger partial charge in [0.2, 0.25) is 17.6 Å². The van der Waals surface area contributed by atoms with Crippen LogP contribution in [0.4, 0.5) is 11.6 Å². The van der Waals surface area contributed by atoms with Gasteiger partial charge in [0, 0.05) is 48.0 Å². The van der Waals surface area contributed by atoms with E-state index >= 15 is 0 Å². The van der Waals surface area contributed by atoms with Crippen LogP contribution < -0.4 is 26.4 Å². The first kappa shape index (κ1) is 43.4. The average Bonchev–Trinajstić information content (AvgIpc) is 3.73. The third-order valence-electron chi connectivity index (χ3n) is 11.7. The molecule has 340 valence electrons. The second-order valence-corrected chi connectivity index (χ2v) is 16.1. The number of H-pyrrole nitrogens is 1. The van der Waals surface area contributed by atoms with Gasteiger partial charge < -0.3 is 39.1 Å². The zero-order valence-electron chi connectivity index (χ0n) is 36.7. The van der Waals surface area contributed by atoms with Crippen LogP contribution >= 0.6 is 0 Å². The number of nitrogens with one attached hydrogen (secondary N) is 4. The van der Waals surface area contributed by atoms with E-state index in [0.29, 0.717) is 78.3 Å². The topological polar surface area (TPSA) is 237 Å². The van der Waals surface area contributed by atoms with Gasteiger partial charge >= 0.3 is 5.69 Å². The van der Waals surface area contributed by atoms with Gasteiger partial charge in [-0.25, -0.2) is 19.4 Å². The molecule has 20 heteroatoms. The van der Waals surface area contributed by atoms with Gasteiger partial charge in [0.15, 0.2) is 0 Å². The van der Waals surface area contributed by atoms with Crippen LogP contribution in [0.25, 0.3) is 44.1 Å². The van der Waals surface area contributed by atoms with Gasteiger partial charge in [0.25, 0.3) is 5.91 Å². The molecule has 20 nitrogen and oxygen atoms in total. The van der Waals surface area contributed by atoms with Crippen molar-refractivity contribution >= 4 is 62.3 Å². The number of imide groups is 1. The van der Waals surface area contributed by atoms with E-state index in [0.717, 1.165) is 52.1 Å². The number of aryl methyl sites for hydroxylation is 3. The normalized spacial score (nSPS) is 15.4. The van der Waals surface area contributed by atoms with Crippen molar-refractivity contribution < 1.29 is 37.9 Å². The van der Waals surface area contributed by atoms with E-state index in [1.807, 2.05) is 61.9 Å². The second-order valence-electron chi connectivity index (χ2n) is 16.1. The van der Waals surface area contributed by atoms with Crippen molar-refractivity contribution in [3.8, 4) is 16.9 Å². The first-order valence-corrected chi connectivity index (χ1v) is 21.9. The highest BCUT2D eigenvalue weighted by atomic mass is 16.5. The number of hydrogen-bond donors (Lipinski definition) is 4. The number of hydrogen-bond acceptors (Lipinski definition) is 14. The highest BCUT2D eigenvalue weighted by Gasteiger charge is 2.32. The Hall–Kier alpha value is -6.90. The number of aromatic nitrogens is 8. The van der Waals surface area contributed by atoms with Crippen molar-refractivity contribution in [2.24, 2.45) is 0 Å². The Morgan fingerprint density at radius 1 is 0.938 bits per heavy atom. The van der Waals surface area contributed by atoms with E-state index in [4.69, 9.17) is 33.6 Å². The smallest absolute Gasteiger partial charge is 0.329 e. The van der Waals surface area contributed by atoms with Crippen LogP contribution in [0.1, 0.15) is 72.3 Å². The predicted octanol–water partition coefficient (Wildman–Crippen LogP) is 4.80. The largest absolute Gasteiger partial charge is 0.496 e. The van der Waals surface area contributed by atoms with Crippen LogP contribution in [0.2, 0.25) is 0 Å². The molecule has 6 heterocycles. The number of carbonyl (C=O) groups excluding carboxylic acids is 3. The van der Waals surface area contributed by atoms with E-state index in [1.165, 1.54) is 4.57 Å². The third kappa shape index (κ3) is 8.83. The number of para-hydroxylation sites is 2. The summed E-state index contributed by atoms with van der Waals surface area (Å²) in [4.78, 5) is 64.1. The van der Waals surface area contributed by atoms with Crippen molar-refractivity contribution in [1.82, 2.24) is 49.7 Å². The number of fused-ring (bicyclic) bond motifs is 4. The SMILES string of the molecule is CCn1nc(C2CC2)cc1Nc1nc(C(=O)NCCOCCOCCOCCn2c(=O)n(C3CCC(=O)NC3=O)c3ccccc32)nc2[nH]c3cc(-c4c(C)noc4C)c(OC)cc3c12. The summed E-state index contributed by atoms with van der Waals surface area (Å²) in [6, 6.07) is 12.5. The van der Waals surface area contributed by atoms with Crippen LogP contribution in [-0.2, 0) is 36.9 Å². The number of rotatable bonds is 20. The molecule has 5 aromatic heterocycles. The summed E-state index contributed by atoms with van der Waals surface area (Å²) in [7, 11) is 1.62. The minimum atomic E-state index is -0.754. The maximum atomic E-state index is 13.6. The van der Waals surface area contributed by atoms with Crippen molar-refractivity contribution in [1.29, 1.82) is 0 Å². The number of piperidine rings is 1. The van der Waals surface area contributed by atoms with Crippen LogP contribution in [0.3, 0.4) is 0 Å². The van der Waals surface area contributed by atoms with Crippen molar-refractivity contribution in [2.75, 3.05) is 58.6 Å². The molecule has 1 unspecified atom stereocenters. The van der Waals surface area contributed by atoms with Gasteiger partial charge in [-0.15, -0.1) is 0 Å². The zero-order chi connectivity index (χ0) is 45.2. The quantitative estimate of drug-likeness (QED) is 0.0595. The summed E-state index contributed by atoms with van der Waals surface area (Å²) in [5, 5.41) is 19.1. The third-order valence-corrected chi connectivity index (χ3v) is 11.7. The van der Waals surface area contributed by atoms with E-state index in [9.17, 15) is 19.2 Å². The Kier molecular flexibility index (Phi) is 12.5. The van der Waals surface area contributed by atoms with Gasteiger partial charge in [-0.1, -0.05) is 17.3 Å². The molecule has 0 radical (unpaired) electrons. The molecule has 65 heavy (non-hydrogen) atoms. The van der Waals surface area contributed by atoms with E-state index in [-0.39, 0.29) is 56.6 Å². The highest BCUT2D eigenvalue weighted by molar-refractivity contribution is 6.14. The molecular formula is C45H51N11O9. The lowest BCUT2D eigenvalue weighted by atomic mass is 10.0. The summed E-state index contributed by atoms with van der Waals surface area (Å²) in [6.45, 7) is 8.61. The number of anilines is 2. The maximum absolute atomic E-state index is 13.6. The van der Waals surface area contributed by atoms with Crippen molar-refractivity contribution in [3.05, 3.63) is 75.9 Å². The molecule has 9 rings (SSSR count). The molecule has 7 aromatic rings.